The van der Waals surface area contributed by atoms with Gasteiger partial charge in [-0.1, -0.05) is 13.8 Å². The molecule has 0 aliphatic heterocycles. The van der Waals surface area contributed by atoms with Gasteiger partial charge in [0.2, 0.25) is 0 Å². The molecular formula is C10H17FO2. The largest absolute Gasteiger partial charge is 0.481 e. The lowest BCUT2D eigenvalue weighted by Gasteiger charge is -2.28. The Kier molecular flexibility index (Phi) is 2.94. The van der Waals surface area contributed by atoms with Crippen molar-refractivity contribution >= 4 is 5.97 Å². The minimum Gasteiger partial charge on any atom is -0.481 e. The number of alkyl halides is 1. The van der Waals surface area contributed by atoms with Gasteiger partial charge in [-0.2, -0.15) is 0 Å². The van der Waals surface area contributed by atoms with Gasteiger partial charge in [-0.3, -0.25) is 4.79 Å². The number of carboxylic acid groups (broad SMARTS) is 1. The van der Waals surface area contributed by atoms with Crippen molar-refractivity contribution in [2.75, 3.05) is 0 Å². The molecule has 2 nitrogen and oxygen atoms in total. The molecular weight excluding hydrogens is 171 g/mol. The Labute approximate surface area is 78.1 Å². The average Bonchev–Trinajstić information content (AvgIpc) is 2.25. The fraction of sp³-hybridized carbons (Fsp3) is 0.900. The molecule has 1 fully saturated rings. The molecule has 1 rings (SSSR count). The summed E-state index contributed by atoms with van der Waals surface area (Å²) in [4.78, 5) is 10.4. The Bertz CT molecular complexity index is 201. The van der Waals surface area contributed by atoms with Crippen LogP contribution in [0, 0.1) is 11.3 Å². The standard InChI is InChI=1S/C10H17FO2/c1-10(2)7(3-5-8(10)11)4-6-9(12)13/h7-8H,3-6H2,1-2H3,(H,12,13). The first-order chi connectivity index (χ1) is 5.94. The molecule has 0 saturated heterocycles. The van der Waals surface area contributed by atoms with Crippen molar-refractivity contribution < 1.29 is 14.3 Å². The zero-order valence-corrected chi connectivity index (χ0v) is 8.22. The van der Waals surface area contributed by atoms with E-state index in [0.29, 0.717) is 12.8 Å². The third kappa shape index (κ3) is 2.20. The van der Waals surface area contributed by atoms with Gasteiger partial charge in [0.15, 0.2) is 0 Å². The number of carboxylic acids is 1. The second kappa shape index (κ2) is 3.64. The van der Waals surface area contributed by atoms with Crippen LogP contribution in [0.2, 0.25) is 0 Å². The SMILES string of the molecule is CC1(C)C(F)CCC1CCC(=O)O. The highest BCUT2D eigenvalue weighted by molar-refractivity contribution is 5.66. The van der Waals surface area contributed by atoms with Crippen LogP contribution in [-0.4, -0.2) is 17.2 Å². The summed E-state index contributed by atoms with van der Waals surface area (Å²) in [6.07, 6.45) is 1.45. The smallest absolute Gasteiger partial charge is 0.303 e. The number of hydrogen-bond donors (Lipinski definition) is 1. The lowest BCUT2D eigenvalue weighted by atomic mass is 9.78. The van der Waals surface area contributed by atoms with Crippen molar-refractivity contribution in [3.05, 3.63) is 0 Å². The molecule has 0 spiro atoms. The van der Waals surface area contributed by atoms with Gasteiger partial charge in [0.25, 0.3) is 0 Å². The summed E-state index contributed by atoms with van der Waals surface area (Å²) in [7, 11) is 0. The second-order valence-electron chi connectivity index (χ2n) is 4.50. The Hall–Kier alpha value is -0.600. The molecule has 1 aliphatic carbocycles. The molecule has 1 saturated carbocycles. The molecule has 2 unspecified atom stereocenters. The molecule has 0 radical (unpaired) electrons. The summed E-state index contributed by atoms with van der Waals surface area (Å²) >= 11 is 0. The Morgan fingerprint density at radius 3 is 2.54 bits per heavy atom. The van der Waals surface area contributed by atoms with E-state index in [9.17, 15) is 9.18 Å². The van der Waals surface area contributed by atoms with Crippen LogP contribution in [0.3, 0.4) is 0 Å². The zero-order chi connectivity index (χ0) is 10.1. The third-order valence-electron chi connectivity index (χ3n) is 3.33. The maximum Gasteiger partial charge on any atom is 0.303 e. The van der Waals surface area contributed by atoms with Crippen molar-refractivity contribution in [2.24, 2.45) is 11.3 Å². The summed E-state index contributed by atoms with van der Waals surface area (Å²) in [6.45, 7) is 3.80. The van der Waals surface area contributed by atoms with Gasteiger partial charge in [0.1, 0.15) is 6.17 Å². The number of hydrogen-bond acceptors (Lipinski definition) is 1. The van der Waals surface area contributed by atoms with E-state index in [0.717, 1.165) is 6.42 Å². The highest BCUT2D eigenvalue weighted by atomic mass is 19.1. The monoisotopic (exact) mass is 188 g/mol. The van der Waals surface area contributed by atoms with Crippen LogP contribution in [0.15, 0.2) is 0 Å². The lowest BCUT2D eigenvalue weighted by molar-refractivity contribution is -0.137. The van der Waals surface area contributed by atoms with Crippen molar-refractivity contribution in [1.82, 2.24) is 0 Å². The van der Waals surface area contributed by atoms with E-state index in [-0.39, 0.29) is 17.8 Å². The lowest BCUT2D eigenvalue weighted by Crippen LogP contribution is -2.26. The van der Waals surface area contributed by atoms with Crippen LogP contribution < -0.4 is 0 Å². The van der Waals surface area contributed by atoms with Crippen LogP contribution >= 0.6 is 0 Å². The predicted molar refractivity (Wildman–Crippen MR) is 48.3 cm³/mol. The summed E-state index contributed by atoms with van der Waals surface area (Å²) in [6, 6.07) is 0. The topological polar surface area (TPSA) is 37.3 Å². The molecule has 1 aliphatic rings. The molecule has 1 N–H and O–H groups in total. The fourth-order valence-corrected chi connectivity index (χ4v) is 2.16. The van der Waals surface area contributed by atoms with E-state index in [2.05, 4.69) is 0 Å². The van der Waals surface area contributed by atoms with E-state index in [4.69, 9.17) is 5.11 Å². The highest BCUT2D eigenvalue weighted by Crippen LogP contribution is 2.46. The first-order valence-electron chi connectivity index (χ1n) is 4.80. The minimum atomic E-state index is -0.780. The zero-order valence-electron chi connectivity index (χ0n) is 8.22. The molecule has 3 heteroatoms. The molecule has 13 heavy (non-hydrogen) atoms. The second-order valence-corrected chi connectivity index (χ2v) is 4.50. The summed E-state index contributed by atoms with van der Waals surface area (Å²) in [5, 5.41) is 8.52. The quantitative estimate of drug-likeness (QED) is 0.739. The van der Waals surface area contributed by atoms with Crippen molar-refractivity contribution in [3.8, 4) is 0 Å². The van der Waals surface area contributed by atoms with Gasteiger partial charge in [-0.25, -0.2) is 4.39 Å². The molecule has 0 heterocycles. The Morgan fingerprint density at radius 1 is 1.54 bits per heavy atom. The van der Waals surface area contributed by atoms with Crippen LogP contribution in [-0.2, 0) is 4.79 Å². The predicted octanol–water partition coefficient (Wildman–Crippen LogP) is 2.63. The van der Waals surface area contributed by atoms with Gasteiger partial charge in [0, 0.05) is 6.42 Å². The maximum atomic E-state index is 13.3. The Balaban J connectivity index is 2.47. The summed E-state index contributed by atoms with van der Waals surface area (Å²) in [5.41, 5.74) is -0.324. The van der Waals surface area contributed by atoms with E-state index in [1.165, 1.54) is 0 Å². The minimum absolute atomic E-state index is 0.167. The molecule has 0 amide bonds. The van der Waals surface area contributed by atoms with E-state index >= 15 is 0 Å². The van der Waals surface area contributed by atoms with E-state index in [1.54, 1.807) is 0 Å². The van der Waals surface area contributed by atoms with Gasteiger partial charge in [-0.15, -0.1) is 0 Å². The normalized spacial score (nSPS) is 31.9. The molecule has 0 aromatic carbocycles. The number of aliphatic carboxylic acids is 1. The van der Waals surface area contributed by atoms with Gasteiger partial charge < -0.3 is 5.11 Å². The first kappa shape index (κ1) is 10.5. The maximum absolute atomic E-state index is 13.3. The molecule has 0 aromatic rings. The molecule has 2 atom stereocenters. The number of rotatable bonds is 3. The number of carbonyl (C=O) groups is 1. The molecule has 0 bridgehead atoms. The van der Waals surface area contributed by atoms with E-state index < -0.39 is 12.1 Å². The van der Waals surface area contributed by atoms with Crippen LogP contribution in [0.4, 0.5) is 4.39 Å². The van der Waals surface area contributed by atoms with Gasteiger partial charge >= 0.3 is 5.97 Å². The van der Waals surface area contributed by atoms with Gasteiger partial charge in [-0.05, 0) is 30.6 Å². The number of halogens is 1. The van der Waals surface area contributed by atoms with E-state index in [1.807, 2.05) is 13.8 Å². The Morgan fingerprint density at radius 2 is 2.15 bits per heavy atom. The van der Waals surface area contributed by atoms with Crippen LogP contribution in [0.25, 0.3) is 0 Å². The first-order valence-corrected chi connectivity index (χ1v) is 4.80. The third-order valence-corrected chi connectivity index (χ3v) is 3.33. The molecule has 76 valence electrons. The molecule has 0 aromatic heterocycles. The highest BCUT2D eigenvalue weighted by Gasteiger charge is 2.42. The fourth-order valence-electron chi connectivity index (χ4n) is 2.16. The van der Waals surface area contributed by atoms with Crippen LogP contribution in [0.5, 0.6) is 0 Å². The van der Waals surface area contributed by atoms with Crippen molar-refractivity contribution in [2.45, 2.75) is 45.7 Å². The van der Waals surface area contributed by atoms with Crippen molar-refractivity contribution in [1.29, 1.82) is 0 Å². The van der Waals surface area contributed by atoms with Crippen molar-refractivity contribution in [3.63, 3.8) is 0 Å². The van der Waals surface area contributed by atoms with Gasteiger partial charge in [0.05, 0.1) is 0 Å². The average molecular weight is 188 g/mol. The van der Waals surface area contributed by atoms with Crippen LogP contribution in [0.1, 0.15) is 39.5 Å². The summed E-state index contributed by atoms with van der Waals surface area (Å²) < 4.78 is 13.3. The summed E-state index contributed by atoms with van der Waals surface area (Å²) in [5.74, 6) is -0.545.